The molecule has 1 unspecified atom stereocenters. The standard InChI is InChI=1S/C16H27N3O/c1-5-8-11-19(13(4)6-2)16(20)15-10-9-14(12-18-15)17-7-3/h9-10,12-13,17H,5-8,11H2,1-4H3. The number of hydrogen-bond donors (Lipinski definition) is 1. The molecule has 4 heteroatoms. The first-order valence-corrected chi connectivity index (χ1v) is 7.64. The molecule has 1 N–H and O–H groups in total. The molecular formula is C16H27N3O. The first kappa shape index (κ1) is 16.5. The molecule has 0 aromatic carbocycles. The van der Waals surface area contributed by atoms with Gasteiger partial charge in [-0.25, -0.2) is 4.98 Å². The average molecular weight is 277 g/mol. The Kier molecular flexibility index (Phi) is 7.05. The van der Waals surface area contributed by atoms with Crippen LogP contribution in [0.15, 0.2) is 18.3 Å². The van der Waals surface area contributed by atoms with E-state index in [1.807, 2.05) is 24.0 Å². The number of rotatable bonds is 8. The second-order valence-electron chi connectivity index (χ2n) is 5.07. The lowest BCUT2D eigenvalue weighted by molar-refractivity contribution is 0.0679. The van der Waals surface area contributed by atoms with Gasteiger partial charge in [0, 0.05) is 19.1 Å². The van der Waals surface area contributed by atoms with Gasteiger partial charge in [-0.3, -0.25) is 4.79 Å². The summed E-state index contributed by atoms with van der Waals surface area (Å²) in [5.74, 6) is 0.0378. The smallest absolute Gasteiger partial charge is 0.272 e. The zero-order valence-corrected chi connectivity index (χ0v) is 13.1. The van der Waals surface area contributed by atoms with E-state index in [1.54, 1.807) is 6.20 Å². The third-order valence-electron chi connectivity index (χ3n) is 3.50. The highest BCUT2D eigenvalue weighted by molar-refractivity contribution is 5.92. The normalized spacial score (nSPS) is 12.0. The molecule has 0 spiro atoms. The van der Waals surface area contributed by atoms with E-state index in [0.717, 1.165) is 38.0 Å². The van der Waals surface area contributed by atoms with Gasteiger partial charge in [0.05, 0.1) is 11.9 Å². The van der Waals surface area contributed by atoms with Crippen molar-refractivity contribution in [2.24, 2.45) is 0 Å². The Morgan fingerprint density at radius 2 is 2.10 bits per heavy atom. The van der Waals surface area contributed by atoms with Crippen molar-refractivity contribution in [3.05, 3.63) is 24.0 Å². The lowest BCUT2D eigenvalue weighted by Gasteiger charge is -2.28. The van der Waals surface area contributed by atoms with Crippen LogP contribution in [0.4, 0.5) is 5.69 Å². The number of pyridine rings is 1. The Morgan fingerprint density at radius 1 is 1.35 bits per heavy atom. The van der Waals surface area contributed by atoms with Gasteiger partial charge < -0.3 is 10.2 Å². The maximum atomic E-state index is 12.6. The van der Waals surface area contributed by atoms with Gasteiger partial charge in [0.15, 0.2) is 0 Å². The number of carbonyl (C=O) groups excluding carboxylic acids is 1. The molecule has 1 rings (SSSR count). The lowest BCUT2D eigenvalue weighted by Crippen LogP contribution is -2.39. The summed E-state index contributed by atoms with van der Waals surface area (Å²) < 4.78 is 0. The van der Waals surface area contributed by atoms with Gasteiger partial charge in [-0.05, 0) is 38.8 Å². The van der Waals surface area contributed by atoms with Crippen molar-refractivity contribution < 1.29 is 4.79 Å². The molecule has 1 aromatic heterocycles. The van der Waals surface area contributed by atoms with Gasteiger partial charge in [-0.15, -0.1) is 0 Å². The minimum Gasteiger partial charge on any atom is -0.384 e. The molecule has 0 fully saturated rings. The van der Waals surface area contributed by atoms with E-state index >= 15 is 0 Å². The molecule has 0 saturated heterocycles. The molecule has 4 nitrogen and oxygen atoms in total. The van der Waals surface area contributed by atoms with Crippen molar-refractivity contribution in [3.8, 4) is 0 Å². The number of carbonyl (C=O) groups is 1. The van der Waals surface area contributed by atoms with Crippen molar-refractivity contribution in [2.45, 2.75) is 53.0 Å². The molecule has 1 atom stereocenters. The fourth-order valence-electron chi connectivity index (χ4n) is 2.05. The predicted molar refractivity (Wildman–Crippen MR) is 84.1 cm³/mol. The Morgan fingerprint density at radius 3 is 2.60 bits per heavy atom. The first-order chi connectivity index (χ1) is 9.63. The Balaban J connectivity index is 2.82. The van der Waals surface area contributed by atoms with Gasteiger partial charge in [-0.2, -0.15) is 0 Å². The second kappa shape index (κ2) is 8.56. The molecule has 20 heavy (non-hydrogen) atoms. The minimum absolute atomic E-state index is 0.0378. The van der Waals surface area contributed by atoms with Crippen LogP contribution in [0, 0.1) is 0 Å². The van der Waals surface area contributed by atoms with E-state index in [2.05, 4.69) is 31.1 Å². The topological polar surface area (TPSA) is 45.2 Å². The quantitative estimate of drug-likeness (QED) is 0.790. The number of anilines is 1. The van der Waals surface area contributed by atoms with Gasteiger partial charge in [0.2, 0.25) is 0 Å². The van der Waals surface area contributed by atoms with Gasteiger partial charge in [0.25, 0.3) is 5.91 Å². The number of nitrogens with zero attached hydrogens (tertiary/aromatic N) is 2. The largest absolute Gasteiger partial charge is 0.384 e. The van der Waals surface area contributed by atoms with E-state index in [1.165, 1.54) is 0 Å². The van der Waals surface area contributed by atoms with Crippen molar-refractivity contribution in [1.29, 1.82) is 0 Å². The number of aromatic nitrogens is 1. The summed E-state index contributed by atoms with van der Waals surface area (Å²) in [4.78, 5) is 18.8. The maximum Gasteiger partial charge on any atom is 0.272 e. The fourth-order valence-corrected chi connectivity index (χ4v) is 2.05. The second-order valence-corrected chi connectivity index (χ2v) is 5.07. The van der Waals surface area contributed by atoms with E-state index in [9.17, 15) is 4.79 Å². The summed E-state index contributed by atoms with van der Waals surface area (Å²) in [6.45, 7) is 10.0. The van der Waals surface area contributed by atoms with Crippen LogP contribution in [-0.2, 0) is 0 Å². The third kappa shape index (κ3) is 4.51. The molecule has 0 aliphatic heterocycles. The summed E-state index contributed by atoms with van der Waals surface area (Å²) in [6, 6.07) is 3.98. The predicted octanol–water partition coefficient (Wildman–Crippen LogP) is 3.55. The van der Waals surface area contributed by atoms with Crippen LogP contribution in [0.3, 0.4) is 0 Å². The van der Waals surface area contributed by atoms with Crippen LogP contribution in [0.5, 0.6) is 0 Å². The number of nitrogens with one attached hydrogen (secondary N) is 1. The highest BCUT2D eigenvalue weighted by Crippen LogP contribution is 2.13. The highest BCUT2D eigenvalue weighted by Gasteiger charge is 2.20. The van der Waals surface area contributed by atoms with Gasteiger partial charge in [0.1, 0.15) is 5.69 Å². The molecule has 0 radical (unpaired) electrons. The third-order valence-corrected chi connectivity index (χ3v) is 3.50. The number of unbranched alkanes of at least 4 members (excludes halogenated alkanes) is 1. The van der Waals surface area contributed by atoms with Crippen LogP contribution in [0.25, 0.3) is 0 Å². The molecule has 1 aromatic rings. The van der Waals surface area contributed by atoms with Gasteiger partial charge >= 0.3 is 0 Å². The molecule has 0 bridgehead atoms. The van der Waals surface area contributed by atoms with Crippen molar-refractivity contribution in [3.63, 3.8) is 0 Å². The van der Waals surface area contributed by atoms with E-state index in [-0.39, 0.29) is 11.9 Å². The Hall–Kier alpha value is -1.58. The minimum atomic E-state index is 0.0378. The molecule has 0 saturated carbocycles. The first-order valence-electron chi connectivity index (χ1n) is 7.64. The van der Waals surface area contributed by atoms with Crippen molar-refractivity contribution in [1.82, 2.24) is 9.88 Å². The van der Waals surface area contributed by atoms with Crippen LogP contribution < -0.4 is 5.32 Å². The summed E-state index contributed by atoms with van der Waals surface area (Å²) in [7, 11) is 0. The van der Waals surface area contributed by atoms with Gasteiger partial charge in [-0.1, -0.05) is 20.3 Å². The zero-order valence-electron chi connectivity index (χ0n) is 13.1. The van der Waals surface area contributed by atoms with Crippen LogP contribution in [0.2, 0.25) is 0 Å². The molecule has 1 amide bonds. The SMILES string of the molecule is CCCCN(C(=O)c1ccc(NCC)cn1)C(C)CC. The highest BCUT2D eigenvalue weighted by atomic mass is 16.2. The van der Waals surface area contributed by atoms with E-state index in [4.69, 9.17) is 0 Å². The molecule has 112 valence electrons. The monoisotopic (exact) mass is 277 g/mol. The molecule has 1 heterocycles. The van der Waals surface area contributed by atoms with Crippen LogP contribution >= 0.6 is 0 Å². The molecule has 0 aliphatic rings. The van der Waals surface area contributed by atoms with E-state index < -0.39 is 0 Å². The van der Waals surface area contributed by atoms with Crippen LogP contribution in [-0.4, -0.2) is 34.9 Å². The summed E-state index contributed by atoms with van der Waals surface area (Å²) in [5.41, 5.74) is 1.48. The molecule has 0 aliphatic carbocycles. The van der Waals surface area contributed by atoms with Crippen molar-refractivity contribution in [2.75, 3.05) is 18.4 Å². The van der Waals surface area contributed by atoms with E-state index in [0.29, 0.717) is 5.69 Å². The lowest BCUT2D eigenvalue weighted by atomic mass is 10.1. The maximum absolute atomic E-state index is 12.6. The Bertz CT molecular complexity index is 403. The zero-order chi connectivity index (χ0) is 15.0. The number of hydrogen-bond acceptors (Lipinski definition) is 3. The van der Waals surface area contributed by atoms with Crippen LogP contribution in [0.1, 0.15) is 57.4 Å². The Labute approximate surface area is 122 Å². The fraction of sp³-hybridized carbons (Fsp3) is 0.625. The average Bonchev–Trinajstić information content (AvgIpc) is 2.48. The summed E-state index contributed by atoms with van der Waals surface area (Å²) in [6.07, 6.45) is 4.81. The summed E-state index contributed by atoms with van der Waals surface area (Å²) in [5, 5.41) is 3.18. The van der Waals surface area contributed by atoms with Crippen molar-refractivity contribution >= 4 is 11.6 Å². The number of amides is 1. The molecular weight excluding hydrogens is 250 g/mol. The summed E-state index contributed by atoms with van der Waals surface area (Å²) >= 11 is 0.